The van der Waals surface area contributed by atoms with Crippen LogP contribution in [0.4, 0.5) is 0 Å². The van der Waals surface area contributed by atoms with E-state index in [2.05, 4.69) is 22.7 Å². The highest BCUT2D eigenvalue weighted by Gasteiger charge is 2.06. The molecule has 0 heterocycles. The fourth-order valence-electron chi connectivity index (χ4n) is 0.970. The Balaban J connectivity index is 2.89. The lowest BCUT2D eigenvalue weighted by molar-refractivity contribution is 0.0697. The molecule has 1 aromatic carbocycles. The highest BCUT2D eigenvalue weighted by Crippen LogP contribution is 2.05. The number of nitrogens with one attached hydrogen (secondary N) is 1. The molecule has 0 unspecified atom stereocenters. The molecule has 15 heavy (non-hydrogen) atoms. The molecule has 0 saturated heterocycles. The first kappa shape index (κ1) is 11.1. The van der Waals surface area contributed by atoms with Gasteiger partial charge in [0.15, 0.2) is 5.11 Å². The highest BCUT2D eigenvalue weighted by atomic mass is 32.1. The smallest absolute Gasteiger partial charge is 0.336 e. The van der Waals surface area contributed by atoms with E-state index in [1.54, 1.807) is 18.2 Å². The Morgan fingerprint density at radius 1 is 1.53 bits per heavy atom. The maximum absolute atomic E-state index is 10.8. The maximum atomic E-state index is 10.8. The van der Waals surface area contributed by atoms with Crippen LogP contribution < -0.4 is 11.2 Å². The summed E-state index contributed by atoms with van der Waals surface area (Å²) in [5.41, 5.74) is 8.14. The Kier molecular flexibility index (Phi) is 3.75. The zero-order chi connectivity index (χ0) is 11.3. The summed E-state index contributed by atoms with van der Waals surface area (Å²) in [7, 11) is 0. The van der Waals surface area contributed by atoms with E-state index < -0.39 is 5.97 Å². The van der Waals surface area contributed by atoms with Gasteiger partial charge in [-0.05, 0) is 18.3 Å². The van der Waals surface area contributed by atoms with Crippen molar-refractivity contribution >= 4 is 29.5 Å². The average molecular weight is 223 g/mol. The van der Waals surface area contributed by atoms with Gasteiger partial charge in [0.2, 0.25) is 0 Å². The van der Waals surface area contributed by atoms with Gasteiger partial charge in [-0.25, -0.2) is 4.79 Å². The third-order valence-corrected chi connectivity index (χ3v) is 1.66. The number of carboxylic acid groups (broad SMARTS) is 1. The molecule has 5 nitrogen and oxygen atoms in total. The number of thiocarbonyl (C=S) groups is 1. The van der Waals surface area contributed by atoms with E-state index in [9.17, 15) is 4.79 Å². The SMILES string of the molecule is NC(=S)NN=Cc1ccccc1C(=O)O. The summed E-state index contributed by atoms with van der Waals surface area (Å²) in [5, 5.41) is 12.5. The van der Waals surface area contributed by atoms with Crippen molar-refractivity contribution in [3.63, 3.8) is 0 Å². The summed E-state index contributed by atoms with van der Waals surface area (Å²) in [5.74, 6) is -1.01. The Morgan fingerprint density at radius 3 is 2.80 bits per heavy atom. The second-order valence-electron chi connectivity index (χ2n) is 2.63. The largest absolute Gasteiger partial charge is 0.478 e. The summed E-state index contributed by atoms with van der Waals surface area (Å²) in [4.78, 5) is 10.8. The monoisotopic (exact) mass is 223 g/mol. The molecule has 0 atom stereocenters. The number of nitrogens with zero attached hydrogens (tertiary/aromatic N) is 1. The molecule has 0 aromatic heterocycles. The summed E-state index contributed by atoms with van der Waals surface area (Å²) in [6, 6.07) is 6.48. The quantitative estimate of drug-likeness (QED) is 0.396. The van der Waals surface area contributed by atoms with Crippen molar-refractivity contribution in [2.24, 2.45) is 10.8 Å². The van der Waals surface area contributed by atoms with Crippen LogP contribution >= 0.6 is 12.2 Å². The fraction of sp³-hybridized carbons (Fsp3) is 0. The summed E-state index contributed by atoms with van der Waals surface area (Å²) >= 11 is 4.53. The Morgan fingerprint density at radius 2 is 2.20 bits per heavy atom. The summed E-state index contributed by atoms with van der Waals surface area (Å²) < 4.78 is 0. The summed E-state index contributed by atoms with van der Waals surface area (Å²) in [6.45, 7) is 0. The van der Waals surface area contributed by atoms with Gasteiger partial charge in [-0.3, -0.25) is 5.43 Å². The zero-order valence-corrected chi connectivity index (χ0v) is 8.49. The minimum atomic E-state index is -1.01. The molecule has 0 spiro atoms. The second kappa shape index (κ2) is 5.06. The predicted octanol–water partition coefficient (Wildman–Crippen LogP) is 0.552. The number of carboxylic acids is 1. The van der Waals surface area contributed by atoms with Crippen molar-refractivity contribution in [3.05, 3.63) is 35.4 Å². The lowest BCUT2D eigenvalue weighted by atomic mass is 10.1. The van der Waals surface area contributed by atoms with Crippen LogP contribution in [0.5, 0.6) is 0 Å². The van der Waals surface area contributed by atoms with Crippen LogP contribution in [-0.4, -0.2) is 22.4 Å². The average Bonchev–Trinajstić information content (AvgIpc) is 2.17. The van der Waals surface area contributed by atoms with Crippen LogP contribution in [0, 0.1) is 0 Å². The molecule has 4 N–H and O–H groups in total. The third-order valence-electron chi connectivity index (χ3n) is 1.57. The number of aromatic carboxylic acids is 1. The number of hydrogen-bond donors (Lipinski definition) is 3. The minimum absolute atomic E-state index is 0.0269. The number of rotatable bonds is 3. The van der Waals surface area contributed by atoms with Crippen molar-refractivity contribution in [2.75, 3.05) is 0 Å². The van der Waals surface area contributed by atoms with Crippen LogP contribution in [-0.2, 0) is 0 Å². The lowest BCUT2D eigenvalue weighted by Gasteiger charge is -1.99. The molecule has 0 aliphatic rings. The van der Waals surface area contributed by atoms with Crippen molar-refractivity contribution in [2.45, 2.75) is 0 Å². The minimum Gasteiger partial charge on any atom is -0.478 e. The number of hydrogen-bond acceptors (Lipinski definition) is 3. The van der Waals surface area contributed by atoms with E-state index in [0.717, 1.165) is 0 Å². The van der Waals surface area contributed by atoms with Gasteiger partial charge in [0.1, 0.15) is 0 Å². The Bertz CT molecular complexity index is 418. The van der Waals surface area contributed by atoms with Gasteiger partial charge in [-0.15, -0.1) is 0 Å². The van der Waals surface area contributed by atoms with E-state index in [1.807, 2.05) is 0 Å². The first-order chi connectivity index (χ1) is 7.11. The molecule has 0 amide bonds. The van der Waals surface area contributed by atoms with Crippen molar-refractivity contribution in [1.82, 2.24) is 5.43 Å². The molecule has 78 valence electrons. The summed E-state index contributed by atoms with van der Waals surface area (Å²) in [6.07, 6.45) is 1.35. The molecule has 0 saturated carbocycles. The van der Waals surface area contributed by atoms with Crippen LogP contribution in [0.15, 0.2) is 29.4 Å². The van der Waals surface area contributed by atoms with Gasteiger partial charge in [0.05, 0.1) is 11.8 Å². The third kappa shape index (κ3) is 3.35. The van der Waals surface area contributed by atoms with Gasteiger partial charge in [0, 0.05) is 5.56 Å². The molecule has 0 aliphatic carbocycles. The van der Waals surface area contributed by atoms with Gasteiger partial charge in [-0.1, -0.05) is 18.2 Å². The van der Waals surface area contributed by atoms with Crippen molar-refractivity contribution in [3.8, 4) is 0 Å². The van der Waals surface area contributed by atoms with Gasteiger partial charge in [-0.2, -0.15) is 5.10 Å². The first-order valence-corrected chi connectivity index (χ1v) is 4.43. The van der Waals surface area contributed by atoms with Crippen molar-refractivity contribution < 1.29 is 9.90 Å². The maximum Gasteiger partial charge on any atom is 0.336 e. The van der Waals surface area contributed by atoms with Crippen LogP contribution in [0.2, 0.25) is 0 Å². The molecule has 0 aliphatic heterocycles. The van der Waals surface area contributed by atoms with E-state index in [1.165, 1.54) is 12.3 Å². The second-order valence-corrected chi connectivity index (χ2v) is 3.07. The fourth-order valence-corrected chi connectivity index (χ4v) is 1.02. The first-order valence-electron chi connectivity index (χ1n) is 4.02. The van der Waals surface area contributed by atoms with Crippen molar-refractivity contribution in [1.29, 1.82) is 0 Å². The molecular weight excluding hydrogens is 214 g/mol. The lowest BCUT2D eigenvalue weighted by Crippen LogP contribution is -2.24. The van der Waals surface area contributed by atoms with Gasteiger partial charge >= 0.3 is 5.97 Å². The standard InChI is InChI=1S/C9H9N3O2S/c10-9(15)12-11-5-6-3-1-2-4-7(6)8(13)14/h1-5H,(H,13,14)(H3,10,12,15). The van der Waals surface area contributed by atoms with Gasteiger partial charge < -0.3 is 10.8 Å². The van der Waals surface area contributed by atoms with Crippen LogP contribution in [0.3, 0.4) is 0 Å². The predicted molar refractivity (Wildman–Crippen MR) is 60.9 cm³/mol. The topological polar surface area (TPSA) is 87.7 Å². The van der Waals surface area contributed by atoms with E-state index >= 15 is 0 Å². The zero-order valence-electron chi connectivity index (χ0n) is 7.68. The van der Waals surface area contributed by atoms with E-state index in [0.29, 0.717) is 5.56 Å². The number of nitrogens with two attached hydrogens (primary N) is 1. The van der Waals surface area contributed by atoms with Crippen LogP contribution in [0.25, 0.3) is 0 Å². The normalized spacial score (nSPS) is 10.1. The molecule has 1 rings (SSSR count). The van der Waals surface area contributed by atoms with E-state index in [-0.39, 0.29) is 10.7 Å². The molecule has 0 radical (unpaired) electrons. The van der Waals surface area contributed by atoms with Crippen LogP contribution in [0.1, 0.15) is 15.9 Å². The number of benzene rings is 1. The number of hydrazone groups is 1. The molecule has 0 fully saturated rings. The Labute approximate surface area is 91.6 Å². The highest BCUT2D eigenvalue weighted by molar-refractivity contribution is 7.80. The molecular formula is C9H9N3O2S. The Hall–Kier alpha value is -1.95. The number of carbonyl (C=O) groups is 1. The molecule has 6 heteroatoms. The molecule has 1 aromatic rings. The van der Waals surface area contributed by atoms with Gasteiger partial charge in [0.25, 0.3) is 0 Å². The van der Waals surface area contributed by atoms with E-state index in [4.69, 9.17) is 10.8 Å². The molecule has 0 bridgehead atoms.